The molecule has 0 N–H and O–H groups in total. The summed E-state index contributed by atoms with van der Waals surface area (Å²) in [5.41, 5.74) is 9.20. The number of benzene rings is 7. The van der Waals surface area contributed by atoms with Gasteiger partial charge in [-0.3, -0.25) is 0 Å². The second-order valence-electron chi connectivity index (χ2n) is 11.0. The molecule has 9 aromatic rings. The van der Waals surface area contributed by atoms with Crippen LogP contribution in [0.25, 0.3) is 65.8 Å². The lowest BCUT2D eigenvalue weighted by molar-refractivity contribution is 0.668. The van der Waals surface area contributed by atoms with Gasteiger partial charge in [0, 0.05) is 38.6 Å². The Bertz CT molecular complexity index is 2450. The average molecular weight is 552 g/mol. The zero-order valence-electron chi connectivity index (χ0n) is 23.2. The topological polar surface area (TPSA) is 29.5 Å². The Kier molecular flexibility index (Phi) is 5.20. The third kappa shape index (κ3) is 3.90. The van der Waals surface area contributed by atoms with Crippen molar-refractivity contribution < 1.29 is 8.83 Å². The minimum atomic E-state index is 0.884. The van der Waals surface area contributed by atoms with Gasteiger partial charge in [-0.2, -0.15) is 0 Å². The molecule has 0 unspecified atom stereocenters. The van der Waals surface area contributed by atoms with Crippen molar-refractivity contribution >= 4 is 71.7 Å². The van der Waals surface area contributed by atoms with Crippen LogP contribution in [0.3, 0.4) is 0 Å². The highest BCUT2D eigenvalue weighted by Gasteiger charge is 2.17. The Morgan fingerprint density at radius 3 is 1.65 bits per heavy atom. The average Bonchev–Trinajstić information content (AvgIpc) is 3.62. The molecular formula is C40H25NO2. The van der Waals surface area contributed by atoms with E-state index in [1.165, 1.54) is 16.5 Å². The lowest BCUT2D eigenvalue weighted by atomic mass is 10.0. The van der Waals surface area contributed by atoms with E-state index in [4.69, 9.17) is 8.83 Å². The van der Waals surface area contributed by atoms with Gasteiger partial charge in [0.05, 0.1) is 0 Å². The summed E-state index contributed by atoms with van der Waals surface area (Å²) in [5.74, 6) is 0. The van der Waals surface area contributed by atoms with Crippen molar-refractivity contribution in [1.82, 2.24) is 0 Å². The third-order valence-corrected chi connectivity index (χ3v) is 8.43. The van der Waals surface area contributed by atoms with E-state index in [2.05, 4.69) is 126 Å². The van der Waals surface area contributed by atoms with E-state index < -0.39 is 0 Å². The molecule has 3 heteroatoms. The van der Waals surface area contributed by atoms with E-state index in [-0.39, 0.29) is 0 Å². The highest BCUT2D eigenvalue weighted by molar-refractivity contribution is 6.11. The first-order chi connectivity index (χ1) is 21.3. The molecule has 0 aliphatic carbocycles. The van der Waals surface area contributed by atoms with Crippen LogP contribution in [0, 0.1) is 0 Å². The zero-order valence-corrected chi connectivity index (χ0v) is 23.2. The summed E-state index contributed by atoms with van der Waals surface area (Å²) in [6.45, 7) is 0. The van der Waals surface area contributed by atoms with Crippen LogP contribution in [0.5, 0.6) is 0 Å². The van der Waals surface area contributed by atoms with Crippen LogP contribution in [-0.4, -0.2) is 0 Å². The van der Waals surface area contributed by atoms with Gasteiger partial charge in [0.15, 0.2) is 0 Å². The third-order valence-electron chi connectivity index (χ3n) is 8.43. The van der Waals surface area contributed by atoms with Gasteiger partial charge >= 0.3 is 0 Å². The highest BCUT2D eigenvalue weighted by Crippen LogP contribution is 2.41. The molecule has 0 amide bonds. The molecule has 202 valence electrons. The summed E-state index contributed by atoms with van der Waals surface area (Å²) in [5, 5.41) is 6.81. The molecule has 0 fully saturated rings. The van der Waals surface area contributed by atoms with Gasteiger partial charge in [-0.15, -0.1) is 0 Å². The van der Waals surface area contributed by atoms with Crippen molar-refractivity contribution in [2.24, 2.45) is 0 Å². The molecule has 7 aromatic carbocycles. The number of fused-ring (bicyclic) bond motifs is 7. The molecule has 0 saturated carbocycles. The van der Waals surface area contributed by atoms with E-state index >= 15 is 0 Å². The number of rotatable bonds is 4. The molecule has 0 spiro atoms. The van der Waals surface area contributed by atoms with E-state index in [0.717, 1.165) is 66.3 Å². The molecular weight excluding hydrogens is 526 g/mol. The lowest BCUT2D eigenvalue weighted by Gasteiger charge is -2.26. The molecule has 43 heavy (non-hydrogen) atoms. The Morgan fingerprint density at radius 2 is 0.884 bits per heavy atom. The number of nitrogens with zero attached hydrogens (tertiary/aromatic N) is 1. The van der Waals surface area contributed by atoms with E-state index in [1.807, 2.05) is 30.3 Å². The first-order valence-corrected chi connectivity index (χ1v) is 14.5. The van der Waals surface area contributed by atoms with Gasteiger partial charge in [-0.05, 0) is 88.6 Å². The molecule has 2 aromatic heterocycles. The Morgan fingerprint density at radius 1 is 0.326 bits per heavy atom. The summed E-state index contributed by atoms with van der Waals surface area (Å²) < 4.78 is 12.4. The molecule has 9 rings (SSSR count). The van der Waals surface area contributed by atoms with Gasteiger partial charge in [-0.25, -0.2) is 0 Å². The molecule has 0 atom stereocenters. The zero-order chi connectivity index (χ0) is 28.3. The maximum absolute atomic E-state index is 6.24. The first-order valence-electron chi connectivity index (χ1n) is 14.5. The Hall–Kier alpha value is -5.80. The molecule has 3 nitrogen and oxygen atoms in total. The standard InChI is InChI=1S/C40H25NO2/c1-2-8-26(9-3-1)27-14-17-30(18-15-27)41(32-20-21-39-36(25-32)34-11-5-6-12-37(34)42-39)31-19-16-28-23-35-33-10-4-7-13-38(33)43-40(35)24-29(28)22-31/h1-25H. The number of hydrogen-bond acceptors (Lipinski definition) is 3. The van der Waals surface area contributed by atoms with Crippen molar-refractivity contribution in [2.75, 3.05) is 4.90 Å². The van der Waals surface area contributed by atoms with Crippen LogP contribution < -0.4 is 4.90 Å². The summed E-state index contributed by atoms with van der Waals surface area (Å²) in [6, 6.07) is 53.3. The second-order valence-corrected chi connectivity index (χ2v) is 11.0. The minimum absolute atomic E-state index is 0.884. The fourth-order valence-corrected chi connectivity index (χ4v) is 6.33. The fraction of sp³-hybridized carbons (Fsp3) is 0. The van der Waals surface area contributed by atoms with Crippen molar-refractivity contribution in [1.29, 1.82) is 0 Å². The molecule has 0 aliphatic heterocycles. The number of hydrogen-bond donors (Lipinski definition) is 0. The second kappa shape index (κ2) is 9.37. The van der Waals surface area contributed by atoms with Crippen LogP contribution in [0.4, 0.5) is 17.1 Å². The summed E-state index contributed by atoms with van der Waals surface area (Å²) in [4.78, 5) is 2.32. The van der Waals surface area contributed by atoms with Gasteiger partial charge in [0.2, 0.25) is 0 Å². The quantitative estimate of drug-likeness (QED) is 0.218. The van der Waals surface area contributed by atoms with Crippen LogP contribution in [0.2, 0.25) is 0 Å². The van der Waals surface area contributed by atoms with Crippen LogP contribution in [-0.2, 0) is 0 Å². The van der Waals surface area contributed by atoms with Crippen molar-refractivity contribution in [2.45, 2.75) is 0 Å². The Labute approximate surface area is 247 Å². The largest absolute Gasteiger partial charge is 0.456 e. The SMILES string of the molecule is c1ccc(-c2ccc(N(c3ccc4cc5c(cc4c3)oc3ccccc35)c3ccc4oc5ccccc5c4c3)cc2)cc1. The predicted molar refractivity (Wildman–Crippen MR) is 179 cm³/mol. The summed E-state index contributed by atoms with van der Waals surface area (Å²) in [7, 11) is 0. The molecule has 0 saturated heterocycles. The monoisotopic (exact) mass is 551 g/mol. The summed E-state index contributed by atoms with van der Waals surface area (Å²) in [6.07, 6.45) is 0. The number of furan rings is 2. The normalized spacial score (nSPS) is 11.7. The van der Waals surface area contributed by atoms with Gasteiger partial charge < -0.3 is 13.7 Å². The van der Waals surface area contributed by atoms with E-state index in [1.54, 1.807) is 0 Å². The van der Waals surface area contributed by atoms with Crippen molar-refractivity contribution in [3.8, 4) is 11.1 Å². The highest BCUT2D eigenvalue weighted by atomic mass is 16.3. The number of anilines is 3. The first kappa shape index (κ1) is 23.9. The summed E-state index contributed by atoms with van der Waals surface area (Å²) >= 11 is 0. The molecule has 0 radical (unpaired) electrons. The molecule has 2 heterocycles. The van der Waals surface area contributed by atoms with Gasteiger partial charge in [-0.1, -0.05) is 84.9 Å². The maximum Gasteiger partial charge on any atom is 0.136 e. The van der Waals surface area contributed by atoms with Crippen LogP contribution >= 0.6 is 0 Å². The number of para-hydroxylation sites is 2. The van der Waals surface area contributed by atoms with Crippen molar-refractivity contribution in [3.05, 3.63) is 152 Å². The predicted octanol–water partition coefficient (Wildman–Crippen LogP) is 11.8. The van der Waals surface area contributed by atoms with E-state index in [0.29, 0.717) is 0 Å². The smallest absolute Gasteiger partial charge is 0.136 e. The molecule has 0 aliphatic rings. The van der Waals surface area contributed by atoms with Crippen LogP contribution in [0.15, 0.2) is 160 Å². The van der Waals surface area contributed by atoms with Crippen LogP contribution in [0.1, 0.15) is 0 Å². The molecule has 0 bridgehead atoms. The lowest BCUT2D eigenvalue weighted by Crippen LogP contribution is -2.09. The van der Waals surface area contributed by atoms with Gasteiger partial charge in [0.1, 0.15) is 22.3 Å². The Balaban J connectivity index is 1.23. The fourth-order valence-electron chi connectivity index (χ4n) is 6.33. The van der Waals surface area contributed by atoms with Gasteiger partial charge in [0.25, 0.3) is 0 Å². The minimum Gasteiger partial charge on any atom is -0.456 e. The van der Waals surface area contributed by atoms with Crippen molar-refractivity contribution in [3.63, 3.8) is 0 Å². The maximum atomic E-state index is 6.24. The van der Waals surface area contributed by atoms with E-state index in [9.17, 15) is 0 Å².